The molecule has 3 heterocycles. The monoisotopic (exact) mass is 406 g/mol. The largest absolute Gasteiger partial charge is 0.350 e. The fourth-order valence-corrected chi connectivity index (χ4v) is 4.20. The van der Waals surface area contributed by atoms with Crippen LogP contribution in [0, 0.1) is 5.92 Å². The van der Waals surface area contributed by atoms with E-state index in [1.165, 1.54) is 16.5 Å². The lowest BCUT2D eigenvalue weighted by Gasteiger charge is -2.32. The first-order valence-electron chi connectivity index (χ1n) is 10.6. The molecular formula is C23H30N6O. The highest BCUT2D eigenvalue weighted by molar-refractivity contribution is 5.83. The van der Waals surface area contributed by atoms with Crippen LogP contribution < -0.4 is 15.7 Å². The van der Waals surface area contributed by atoms with Crippen molar-refractivity contribution >= 4 is 22.5 Å². The van der Waals surface area contributed by atoms with Crippen LogP contribution in [0.5, 0.6) is 0 Å². The lowest BCUT2D eigenvalue weighted by molar-refractivity contribution is 0.225. The molecule has 0 saturated carbocycles. The topological polar surface area (TPSA) is 78.2 Å². The third-order valence-electron chi connectivity index (χ3n) is 6.00. The van der Waals surface area contributed by atoms with Crippen molar-refractivity contribution in [2.75, 3.05) is 31.1 Å². The quantitative estimate of drug-likeness (QED) is 0.394. The van der Waals surface area contributed by atoms with Gasteiger partial charge >= 0.3 is 0 Å². The summed E-state index contributed by atoms with van der Waals surface area (Å²) in [7, 11) is 2.12. The molecule has 0 aliphatic carbocycles. The highest BCUT2D eigenvalue weighted by Crippen LogP contribution is 2.22. The molecule has 3 N–H and O–H groups in total. The van der Waals surface area contributed by atoms with E-state index in [0.29, 0.717) is 17.2 Å². The van der Waals surface area contributed by atoms with E-state index in [0.717, 1.165) is 51.4 Å². The van der Waals surface area contributed by atoms with Gasteiger partial charge in [0.15, 0.2) is 0 Å². The molecule has 7 nitrogen and oxygen atoms in total. The van der Waals surface area contributed by atoms with Gasteiger partial charge in [-0.05, 0) is 49.9 Å². The fraction of sp³-hybridized carbons (Fsp3) is 0.391. The second-order valence-corrected chi connectivity index (χ2v) is 8.03. The molecule has 30 heavy (non-hydrogen) atoms. The van der Waals surface area contributed by atoms with Gasteiger partial charge in [-0.25, -0.2) is 9.97 Å². The minimum atomic E-state index is 0.398. The van der Waals surface area contributed by atoms with E-state index in [2.05, 4.69) is 68.8 Å². The van der Waals surface area contributed by atoms with Crippen LogP contribution in [0.2, 0.25) is 0 Å². The number of anilines is 1. The second kappa shape index (κ2) is 9.28. The molecule has 0 amide bonds. The molecule has 1 aliphatic heterocycles. The molecular weight excluding hydrogens is 376 g/mol. The Balaban J connectivity index is 1.21. The molecule has 0 atom stereocenters. The Hall–Kier alpha value is -2.90. The third-order valence-corrected chi connectivity index (χ3v) is 6.00. The van der Waals surface area contributed by atoms with Crippen molar-refractivity contribution in [3.63, 3.8) is 0 Å². The number of hydrogen-bond acceptors (Lipinski definition) is 6. The molecule has 1 aliphatic rings. The zero-order chi connectivity index (χ0) is 20.9. The Morgan fingerprint density at radius 1 is 1.20 bits per heavy atom. The van der Waals surface area contributed by atoms with E-state index in [1.54, 1.807) is 12.4 Å². The maximum Gasteiger partial charge on any atom is 0.225 e. The van der Waals surface area contributed by atoms with E-state index in [1.807, 2.05) is 5.48 Å². The number of hydrogen-bond donors (Lipinski definition) is 3. The Morgan fingerprint density at radius 3 is 2.67 bits per heavy atom. The Bertz CT molecular complexity index is 989. The van der Waals surface area contributed by atoms with Gasteiger partial charge < -0.3 is 14.8 Å². The fourth-order valence-electron chi connectivity index (χ4n) is 4.20. The van der Waals surface area contributed by atoms with E-state index in [9.17, 15) is 0 Å². The predicted molar refractivity (Wildman–Crippen MR) is 120 cm³/mol. The number of aryl methyl sites for hydroxylation is 1. The first-order chi connectivity index (χ1) is 14.7. The lowest BCUT2D eigenvalue weighted by Crippen LogP contribution is -2.38. The molecule has 0 bridgehead atoms. The zero-order valence-electron chi connectivity index (χ0n) is 17.5. The van der Waals surface area contributed by atoms with Gasteiger partial charge in [0.2, 0.25) is 5.95 Å². The van der Waals surface area contributed by atoms with Gasteiger partial charge in [-0.2, -0.15) is 0 Å². The maximum absolute atomic E-state index is 8.91. The highest BCUT2D eigenvalue weighted by atomic mass is 16.5. The Kier molecular flexibility index (Phi) is 6.30. The Morgan fingerprint density at radius 2 is 1.93 bits per heavy atom. The maximum atomic E-state index is 8.91. The van der Waals surface area contributed by atoms with Crippen molar-refractivity contribution in [3.05, 3.63) is 60.6 Å². The number of fused-ring (bicyclic) bond motifs is 1. The molecule has 1 saturated heterocycles. The van der Waals surface area contributed by atoms with Gasteiger partial charge in [-0.3, -0.25) is 10.7 Å². The van der Waals surface area contributed by atoms with Gasteiger partial charge in [-0.1, -0.05) is 24.8 Å². The molecule has 0 unspecified atom stereocenters. The lowest BCUT2D eigenvalue weighted by atomic mass is 9.97. The van der Waals surface area contributed by atoms with Crippen molar-refractivity contribution in [2.24, 2.45) is 13.0 Å². The molecule has 0 radical (unpaired) electrons. The summed E-state index contributed by atoms with van der Waals surface area (Å²) < 4.78 is 2.21. The van der Waals surface area contributed by atoms with Gasteiger partial charge in [0.25, 0.3) is 0 Å². The number of aromatic nitrogens is 3. The number of piperidine rings is 1. The third kappa shape index (κ3) is 4.47. The molecule has 1 fully saturated rings. The number of nitrogens with one attached hydrogen (secondary N) is 2. The van der Waals surface area contributed by atoms with E-state index in [-0.39, 0.29) is 0 Å². The molecule has 3 aromatic rings. The van der Waals surface area contributed by atoms with Crippen molar-refractivity contribution in [3.8, 4) is 0 Å². The van der Waals surface area contributed by atoms with Crippen LogP contribution in [0.15, 0.2) is 49.4 Å². The molecule has 0 spiro atoms. The summed E-state index contributed by atoms with van der Waals surface area (Å²) in [6.07, 6.45) is 8.95. The first-order valence-corrected chi connectivity index (χ1v) is 10.6. The highest BCUT2D eigenvalue weighted by Gasteiger charge is 2.20. The average Bonchev–Trinajstić information content (AvgIpc) is 3.12. The molecule has 158 valence electrons. The van der Waals surface area contributed by atoms with Crippen molar-refractivity contribution in [1.82, 2.24) is 25.3 Å². The van der Waals surface area contributed by atoms with Crippen molar-refractivity contribution in [2.45, 2.75) is 19.3 Å². The SMILES string of the molecule is C=C(NO)c1cnc(N2CCC(CNCCc3cn(C)c4ccccc34)CC2)nc1. The summed E-state index contributed by atoms with van der Waals surface area (Å²) in [6.45, 7) is 7.69. The number of nitrogens with zero attached hydrogens (tertiary/aromatic N) is 4. The van der Waals surface area contributed by atoms with E-state index in [4.69, 9.17) is 5.21 Å². The predicted octanol–water partition coefficient (Wildman–Crippen LogP) is 2.97. The average molecular weight is 407 g/mol. The van der Waals surface area contributed by atoms with Crippen LogP contribution in [-0.4, -0.2) is 45.9 Å². The van der Waals surface area contributed by atoms with Gasteiger partial charge in [0.1, 0.15) is 0 Å². The van der Waals surface area contributed by atoms with Crippen LogP contribution in [0.3, 0.4) is 0 Å². The van der Waals surface area contributed by atoms with E-state index >= 15 is 0 Å². The van der Waals surface area contributed by atoms with Crippen LogP contribution >= 0.6 is 0 Å². The zero-order valence-corrected chi connectivity index (χ0v) is 17.5. The van der Waals surface area contributed by atoms with Crippen LogP contribution in [-0.2, 0) is 13.5 Å². The molecule has 1 aromatic carbocycles. The standard InChI is InChI=1S/C23H30N6O/c1-17(27-30)20-14-25-23(26-15-20)29-11-8-18(9-12-29)13-24-10-7-19-16-28(2)22-6-4-3-5-21(19)22/h3-6,14-16,18,24,27,30H,1,7-13H2,2H3. The summed E-state index contributed by atoms with van der Waals surface area (Å²) in [5.41, 5.74) is 5.83. The minimum absolute atomic E-state index is 0.398. The molecule has 4 rings (SSSR count). The summed E-state index contributed by atoms with van der Waals surface area (Å²) in [5, 5.41) is 13.9. The molecule has 7 heteroatoms. The molecule has 2 aromatic heterocycles. The smallest absolute Gasteiger partial charge is 0.225 e. The van der Waals surface area contributed by atoms with Gasteiger partial charge in [0, 0.05) is 55.2 Å². The number of para-hydroxylation sites is 1. The van der Waals surface area contributed by atoms with E-state index < -0.39 is 0 Å². The first kappa shape index (κ1) is 20.4. The second-order valence-electron chi connectivity index (χ2n) is 8.03. The van der Waals surface area contributed by atoms with Gasteiger partial charge in [-0.15, -0.1) is 0 Å². The van der Waals surface area contributed by atoms with Crippen LogP contribution in [0.1, 0.15) is 24.0 Å². The number of benzene rings is 1. The summed E-state index contributed by atoms with van der Waals surface area (Å²) in [4.78, 5) is 11.1. The van der Waals surface area contributed by atoms with Crippen molar-refractivity contribution < 1.29 is 5.21 Å². The summed E-state index contributed by atoms with van der Waals surface area (Å²) in [6, 6.07) is 8.60. The number of hydroxylamine groups is 1. The minimum Gasteiger partial charge on any atom is -0.350 e. The summed E-state index contributed by atoms with van der Waals surface area (Å²) in [5.74, 6) is 1.43. The van der Waals surface area contributed by atoms with Crippen LogP contribution in [0.25, 0.3) is 16.6 Å². The summed E-state index contributed by atoms with van der Waals surface area (Å²) >= 11 is 0. The van der Waals surface area contributed by atoms with Gasteiger partial charge in [0.05, 0.1) is 5.70 Å². The van der Waals surface area contributed by atoms with Crippen LogP contribution in [0.4, 0.5) is 5.95 Å². The van der Waals surface area contributed by atoms with Crippen molar-refractivity contribution in [1.29, 1.82) is 0 Å². The Labute approximate surface area is 177 Å². The number of rotatable bonds is 8. The normalized spacial score (nSPS) is 14.9.